The monoisotopic (exact) mass is 341 g/mol. The molecule has 0 spiro atoms. The summed E-state index contributed by atoms with van der Waals surface area (Å²) in [6.07, 6.45) is 4.11. The molecule has 1 unspecified atom stereocenters. The number of allylic oxidation sites excluding steroid dienone is 2. The first-order chi connectivity index (χ1) is 12.6. The molecular formula is C21H15N3O2. The summed E-state index contributed by atoms with van der Waals surface area (Å²) in [6.45, 7) is 0. The van der Waals surface area contributed by atoms with Crippen molar-refractivity contribution in [2.24, 2.45) is 5.73 Å². The summed E-state index contributed by atoms with van der Waals surface area (Å²) in [6, 6.07) is 12.7. The van der Waals surface area contributed by atoms with Gasteiger partial charge < -0.3 is 20.7 Å². The number of nitrogens with one attached hydrogen (secondary N) is 1. The number of aliphatic carboxylic acids is 1. The van der Waals surface area contributed by atoms with Crippen LogP contribution < -0.4 is 11.1 Å². The minimum absolute atomic E-state index is 0.225. The lowest BCUT2D eigenvalue weighted by molar-refractivity contribution is -0.132. The van der Waals surface area contributed by atoms with Crippen LogP contribution in [0.25, 0.3) is 27.4 Å². The summed E-state index contributed by atoms with van der Waals surface area (Å²) in [5, 5.41) is 14.3. The van der Waals surface area contributed by atoms with Crippen LogP contribution in [0.3, 0.4) is 0 Å². The normalized spacial score (nSPS) is 17.6. The fraction of sp³-hybridized carbons (Fsp3) is 0.0952. The van der Waals surface area contributed by atoms with Gasteiger partial charge in [0.25, 0.3) is 0 Å². The molecule has 0 saturated heterocycles. The Labute approximate surface area is 149 Å². The van der Waals surface area contributed by atoms with Gasteiger partial charge in [0.15, 0.2) is 0 Å². The first-order valence-corrected chi connectivity index (χ1v) is 8.36. The van der Waals surface area contributed by atoms with E-state index in [0.29, 0.717) is 0 Å². The van der Waals surface area contributed by atoms with Crippen LogP contribution in [-0.2, 0) is 4.79 Å². The second-order valence-electron chi connectivity index (χ2n) is 6.50. The van der Waals surface area contributed by atoms with E-state index in [1.165, 1.54) is 28.2 Å². The molecule has 5 heteroatoms. The van der Waals surface area contributed by atoms with Crippen LogP contribution in [0, 0.1) is 11.8 Å². The number of para-hydroxylation sites is 1. The van der Waals surface area contributed by atoms with Crippen LogP contribution in [-0.4, -0.2) is 15.6 Å². The van der Waals surface area contributed by atoms with E-state index in [1.807, 2.05) is 24.3 Å². The van der Waals surface area contributed by atoms with Gasteiger partial charge in [0.2, 0.25) is 0 Å². The average molecular weight is 341 g/mol. The summed E-state index contributed by atoms with van der Waals surface area (Å²) in [4.78, 5) is 10.9. The standard InChI is InChI=1S/C21H15N3O2/c22-17(21(25)26)11-23-12-9-15-13-5-1-3-7-18(13)24-19-8-4-2-6-14(19)16(10-12)20(15)24/h1,3,5-7,9-11,19,23H,8,22H2,(H,25,26)/b17-11-. The first kappa shape index (κ1) is 14.7. The van der Waals surface area contributed by atoms with E-state index in [0.717, 1.165) is 23.1 Å². The van der Waals surface area contributed by atoms with Crippen molar-refractivity contribution in [1.29, 1.82) is 0 Å². The van der Waals surface area contributed by atoms with Gasteiger partial charge >= 0.3 is 5.97 Å². The average Bonchev–Trinajstić information content (AvgIpc) is 3.17. The highest BCUT2D eigenvalue weighted by atomic mass is 16.4. The van der Waals surface area contributed by atoms with Gasteiger partial charge in [-0.05, 0) is 29.8 Å². The van der Waals surface area contributed by atoms with Gasteiger partial charge in [-0.2, -0.15) is 0 Å². The molecule has 1 aliphatic carbocycles. The number of carbonyl (C=O) groups is 1. The number of hydrogen-bond acceptors (Lipinski definition) is 3. The van der Waals surface area contributed by atoms with E-state index in [1.54, 1.807) is 0 Å². The summed E-state index contributed by atoms with van der Waals surface area (Å²) in [7, 11) is 0. The second kappa shape index (κ2) is 5.17. The largest absolute Gasteiger partial charge is 0.477 e. The van der Waals surface area contributed by atoms with E-state index in [-0.39, 0.29) is 11.7 Å². The van der Waals surface area contributed by atoms with Crippen molar-refractivity contribution in [3.8, 4) is 11.8 Å². The Hall–Kier alpha value is -3.65. The van der Waals surface area contributed by atoms with Crippen LogP contribution in [0.4, 0.5) is 5.69 Å². The topological polar surface area (TPSA) is 80.3 Å². The SMILES string of the molecule is N/C(=C\Nc1cc2c3c(c1)c1ccccc1n3C1CC#CC=C21)C(=O)O. The van der Waals surface area contributed by atoms with Gasteiger partial charge in [0.1, 0.15) is 5.70 Å². The predicted molar refractivity (Wildman–Crippen MR) is 102 cm³/mol. The van der Waals surface area contributed by atoms with Crippen molar-refractivity contribution in [2.45, 2.75) is 12.5 Å². The molecule has 0 radical (unpaired) electrons. The van der Waals surface area contributed by atoms with Crippen molar-refractivity contribution in [3.63, 3.8) is 0 Å². The van der Waals surface area contributed by atoms with Crippen LogP contribution in [0.15, 0.2) is 54.4 Å². The zero-order chi connectivity index (χ0) is 17.8. The van der Waals surface area contributed by atoms with Gasteiger partial charge in [-0.25, -0.2) is 4.79 Å². The minimum Gasteiger partial charge on any atom is -0.477 e. The number of rotatable bonds is 3. The number of benzene rings is 2. The minimum atomic E-state index is -1.15. The number of nitrogens with two attached hydrogens (primary N) is 1. The van der Waals surface area contributed by atoms with Gasteiger partial charge in [0.05, 0.1) is 11.6 Å². The maximum absolute atomic E-state index is 10.9. The highest BCUT2D eigenvalue weighted by molar-refractivity contribution is 6.15. The lowest BCUT2D eigenvalue weighted by Crippen LogP contribution is -2.11. The zero-order valence-electron chi connectivity index (χ0n) is 13.8. The Bertz CT molecular complexity index is 1230. The van der Waals surface area contributed by atoms with Crippen molar-refractivity contribution in [3.05, 3.63) is 59.9 Å². The molecule has 2 aromatic carbocycles. The molecule has 5 nitrogen and oxygen atoms in total. The third-order valence-corrected chi connectivity index (χ3v) is 5.05. The Morgan fingerprint density at radius 1 is 1.31 bits per heavy atom. The van der Waals surface area contributed by atoms with E-state index in [2.05, 4.69) is 39.9 Å². The fourth-order valence-corrected chi connectivity index (χ4v) is 3.96. The number of anilines is 1. The van der Waals surface area contributed by atoms with E-state index in [4.69, 9.17) is 10.8 Å². The van der Waals surface area contributed by atoms with E-state index < -0.39 is 5.97 Å². The molecule has 126 valence electrons. The quantitative estimate of drug-likeness (QED) is 0.504. The molecule has 2 heterocycles. The Morgan fingerprint density at radius 3 is 3.00 bits per heavy atom. The first-order valence-electron chi connectivity index (χ1n) is 8.36. The number of hydrogen-bond donors (Lipinski definition) is 3. The molecule has 1 aliphatic heterocycles. The Morgan fingerprint density at radius 2 is 2.15 bits per heavy atom. The molecule has 4 N–H and O–H groups in total. The number of fused-ring (bicyclic) bond motifs is 6. The zero-order valence-corrected chi connectivity index (χ0v) is 13.8. The highest BCUT2D eigenvalue weighted by Gasteiger charge is 2.32. The maximum atomic E-state index is 10.9. The summed E-state index contributed by atoms with van der Waals surface area (Å²) < 4.78 is 2.38. The summed E-state index contributed by atoms with van der Waals surface area (Å²) >= 11 is 0. The lowest BCUT2D eigenvalue weighted by Gasteiger charge is -2.16. The number of carboxylic acid groups (broad SMARTS) is 1. The lowest BCUT2D eigenvalue weighted by atomic mass is 9.94. The fourth-order valence-electron chi connectivity index (χ4n) is 3.96. The Balaban J connectivity index is 1.78. The van der Waals surface area contributed by atoms with Crippen LogP contribution in [0.2, 0.25) is 0 Å². The van der Waals surface area contributed by atoms with E-state index in [9.17, 15) is 4.79 Å². The molecule has 0 amide bonds. The predicted octanol–water partition coefficient (Wildman–Crippen LogP) is 3.44. The van der Waals surface area contributed by atoms with Crippen molar-refractivity contribution >= 4 is 39.0 Å². The molecule has 0 fully saturated rings. The molecule has 26 heavy (non-hydrogen) atoms. The van der Waals surface area contributed by atoms with Gasteiger partial charge in [-0.1, -0.05) is 30.0 Å². The molecule has 0 bridgehead atoms. The number of aromatic nitrogens is 1. The van der Waals surface area contributed by atoms with Gasteiger partial charge in [-0.3, -0.25) is 0 Å². The van der Waals surface area contributed by atoms with Crippen molar-refractivity contribution < 1.29 is 9.90 Å². The van der Waals surface area contributed by atoms with E-state index >= 15 is 0 Å². The Kier molecular flexibility index (Phi) is 2.92. The molecule has 0 saturated carbocycles. The summed E-state index contributed by atoms with van der Waals surface area (Å²) in [5.41, 5.74) is 10.8. The second-order valence-corrected chi connectivity index (χ2v) is 6.50. The molecule has 2 aliphatic rings. The van der Waals surface area contributed by atoms with Crippen LogP contribution >= 0.6 is 0 Å². The molecule has 1 atom stereocenters. The molecule has 1 aromatic heterocycles. The van der Waals surface area contributed by atoms with Crippen molar-refractivity contribution in [2.75, 3.05) is 5.32 Å². The van der Waals surface area contributed by atoms with Crippen LogP contribution in [0.1, 0.15) is 18.0 Å². The molecule has 5 rings (SSSR count). The molecular weight excluding hydrogens is 326 g/mol. The molecule has 3 aromatic rings. The smallest absolute Gasteiger partial charge is 0.353 e. The van der Waals surface area contributed by atoms with Gasteiger partial charge in [-0.15, -0.1) is 0 Å². The maximum Gasteiger partial charge on any atom is 0.353 e. The number of nitrogens with zero attached hydrogens (tertiary/aromatic N) is 1. The highest BCUT2D eigenvalue weighted by Crippen LogP contribution is 2.49. The summed E-state index contributed by atoms with van der Waals surface area (Å²) in [5.74, 6) is 5.15. The van der Waals surface area contributed by atoms with Crippen LogP contribution in [0.5, 0.6) is 0 Å². The third kappa shape index (κ3) is 1.90. The number of carboxylic acids is 1. The van der Waals surface area contributed by atoms with Gasteiger partial charge in [0, 0.05) is 40.2 Å². The van der Waals surface area contributed by atoms with Crippen molar-refractivity contribution in [1.82, 2.24) is 4.57 Å². The third-order valence-electron chi connectivity index (χ3n) is 5.05.